The van der Waals surface area contributed by atoms with Gasteiger partial charge in [-0.15, -0.1) is 0 Å². The molecule has 0 saturated carbocycles. The van der Waals surface area contributed by atoms with Crippen LogP contribution in [0.15, 0.2) is 60.7 Å². The zero-order chi connectivity index (χ0) is 26.8. The average molecular weight is 517 g/mol. The van der Waals surface area contributed by atoms with E-state index in [0.717, 1.165) is 38.5 Å². The Morgan fingerprint density at radius 2 is 1.92 bits per heavy atom. The number of hydrogen-bond donors (Lipinski definition) is 1. The van der Waals surface area contributed by atoms with E-state index in [9.17, 15) is 19.1 Å². The molecule has 1 amide bonds. The lowest BCUT2D eigenvalue weighted by atomic mass is 9.89. The number of amides is 1. The summed E-state index contributed by atoms with van der Waals surface area (Å²) < 4.78 is 21.6. The van der Waals surface area contributed by atoms with Gasteiger partial charge in [-0.1, -0.05) is 49.4 Å². The molecule has 0 fully saturated rings. The lowest BCUT2D eigenvalue weighted by Gasteiger charge is -2.35. The molecule has 1 unspecified atom stereocenters. The molecule has 3 aromatic carbocycles. The van der Waals surface area contributed by atoms with Crippen molar-refractivity contribution in [3.8, 4) is 0 Å². The van der Waals surface area contributed by atoms with Crippen LogP contribution in [0.4, 0.5) is 4.39 Å². The highest BCUT2D eigenvalue weighted by atomic mass is 19.1. The summed E-state index contributed by atoms with van der Waals surface area (Å²) >= 11 is 0. The van der Waals surface area contributed by atoms with Crippen molar-refractivity contribution in [2.75, 3.05) is 20.3 Å². The number of aliphatic carboxylic acids is 1. The van der Waals surface area contributed by atoms with Crippen molar-refractivity contribution in [1.29, 1.82) is 0 Å². The van der Waals surface area contributed by atoms with Gasteiger partial charge in [0.05, 0.1) is 13.0 Å². The summed E-state index contributed by atoms with van der Waals surface area (Å²) in [7, 11) is 1.62. The van der Waals surface area contributed by atoms with Crippen molar-refractivity contribution < 1.29 is 23.8 Å². The molecule has 2 atom stereocenters. The molecule has 1 heterocycles. The molecule has 0 saturated heterocycles. The summed E-state index contributed by atoms with van der Waals surface area (Å²) in [6.45, 7) is 2.72. The number of aromatic nitrogens is 1. The van der Waals surface area contributed by atoms with Crippen LogP contribution >= 0.6 is 0 Å². The Labute approximate surface area is 221 Å². The maximum atomic E-state index is 14.4. The number of fused-ring (bicyclic) bond motifs is 4. The second-order valence-corrected chi connectivity index (χ2v) is 10.0. The van der Waals surface area contributed by atoms with E-state index >= 15 is 0 Å². The van der Waals surface area contributed by atoms with Crippen molar-refractivity contribution >= 4 is 33.6 Å². The van der Waals surface area contributed by atoms with Gasteiger partial charge in [-0.25, -0.2) is 9.18 Å². The quantitative estimate of drug-likeness (QED) is 0.317. The molecule has 1 aromatic heterocycles. The summed E-state index contributed by atoms with van der Waals surface area (Å²) in [5.41, 5.74) is 3.59. The third-order valence-corrected chi connectivity index (χ3v) is 7.84. The van der Waals surface area contributed by atoms with Crippen molar-refractivity contribution in [2.24, 2.45) is 0 Å². The molecule has 0 bridgehead atoms. The molecule has 198 valence electrons. The molecule has 7 heteroatoms. The molecular weight excluding hydrogens is 483 g/mol. The zero-order valence-electron chi connectivity index (χ0n) is 21.8. The topological polar surface area (TPSA) is 71.8 Å². The molecule has 0 aliphatic heterocycles. The minimum absolute atomic E-state index is 0.0266. The Balaban J connectivity index is 1.50. The molecule has 5 rings (SSSR count). The fourth-order valence-electron chi connectivity index (χ4n) is 6.05. The van der Waals surface area contributed by atoms with E-state index in [1.165, 1.54) is 12.1 Å². The third kappa shape index (κ3) is 4.78. The van der Waals surface area contributed by atoms with Crippen molar-refractivity contribution in [3.63, 3.8) is 0 Å². The summed E-state index contributed by atoms with van der Waals surface area (Å²) in [6.07, 6.45) is 2.57. The average Bonchev–Trinajstić information content (AvgIpc) is 3.22. The van der Waals surface area contributed by atoms with E-state index in [4.69, 9.17) is 4.74 Å². The molecule has 0 radical (unpaired) electrons. The van der Waals surface area contributed by atoms with Crippen molar-refractivity contribution in [3.05, 3.63) is 83.3 Å². The van der Waals surface area contributed by atoms with Crippen LogP contribution in [-0.4, -0.2) is 52.8 Å². The first-order valence-electron chi connectivity index (χ1n) is 13.2. The molecule has 1 N–H and O–H groups in total. The van der Waals surface area contributed by atoms with Gasteiger partial charge in [0.1, 0.15) is 11.9 Å². The number of ether oxygens (including phenoxy) is 1. The van der Waals surface area contributed by atoms with Crippen LogP contribution in [0.3, 0.4) is 0 Å². The molecule has 4 aromatic rings. The van der Waals surface area contributed by atoms with Gasteiger partial charge < -0.3 is 19.3 Å². The largest absolute Gasteiger partial charge is 0.480 e. The number of hydrogen-bond acceptors (Lipinski definition) is 3. The number of halogens is 1. The number of nitrogens with zero attached hydrogens (tertiary/aromatic N) is 2. The van der Waals surface area contributed by atoms with Crippen LogP contribution in [0.2, 0.25) is 0 Å². The van der Waals surface area contributed by atoms with Gasteiger partial charge in [-0.3, -0.25) is 4.79 Å². The van der Waals surface area contributed by atoms with Crippen molar-refractivity contribution in [1.82, 2.24) is 9.47 Å². The highest BCUT2D eigenvalue weighted by Gasteiger charge is 2.34. The second-order valence-electron chi connectivity index (χ2n) is 10.0. The van der Waals surface area contributed by atoms with E-state index < -0.39 is 12.0 Å². The van der Waals surface area contributed by atoms with Gasteiger partial charge in [0.25, 0.3) is 0 Å². The highest BCUT2D eigenvalue weighted by Crippen LogP contribution is 2.37. The first-order valence-corrected chi connectivity index (χ1v) is 13.2. The zero-order valence-corrected chi connectivity index (χ0v) is 21.8. The predicted molar refractivity (Wildman–Crippen MR) is 146 cm³/mol. The van der Waals surface area contributed by atoms with Gasteiger partial charge in [0.2, 0.25) is 5.91 Å². The summed E-state index contributed by atoms with van der Waals surface area (Å²) in [6, 6.07) is 17.8. The summed E-state index contributed by atoms with van der Waals surface area (Å²) in [4.78, 5) is 27.8. The maximum Gasteiger partial charge on any atom is 0.326 e. The molecule has 1 aliphatic carbocycles. The fourth-order valence-corrected chi connectivity index (χ4v) is 6.05. The van der Waals surface area contributed by atoms with E-state index in [2.05, 4.69) is 0 Å². The van der Waals surface area contributed by atoms with Gasteiger partial charge in [0, 0.05) is 36.3 Å². The number of rotatable bonds is 9. The number of benzene rings is 3. The number of carboxylic acids is 1. The Bertz CT molecular complexity index is 1490. The van der Waals surface area contributed by atoms with Gasteiger partial charge in [-0.05, 0) is 65.8 Å². The van der Waals surface area contributed by atoms with E-state index in [0.29, 0.717) is 38.8 Å². The molecule has 38 heavy (non-hydrogen) atoms. The standard InChI is InChI=1S/C31H33FN2O4/c1-3-27(31(36)37)34-28-13-11-22(32)18-25(28)26-19-23(12-14-29(26)34)33(15-16-38-2)30(35)17-21-9-6-8-20-7-4-5-10-24(20)21/h4-11,13,18,23,27H,3,12,14-17,19H2,1-2H3,(H,36,37)/t23-,27?/m0/s1. The lowest BCUT2D eigenvalue weighted by molar-refractivity contribution is -0.141. The number of methoxy groups -OCH3 is 1. The first kappa shape index (κ1) is 25.9. The summed E-state index contributed by atoms with van der Waals surface area (Å²) in [5, 5.41) is 12.8. The SMILES string of the molecule is CCC(C(=O)O)n1c2c(c3cc(F)ccc31)C[C@@H](N(CCOC)C(=O)Cc1cccc3ccccc13)CC2. The second kappa shape index (κ2) is 11.0. The Morgan fingerprint density at radius 3 is 2.68 bits per heavy atom. The number of carbonyl (C=O) groups is 2. The van der Waals surface area contributed by atoms with Crippen LogP contribution in [-0.2, 0) is 33.6 Å². The van der Waals surface area contributed by atoms with Crippen LogP contribution in [0.25, 0.3) is 21.7 Å². The molecule has 1 aliphatic rings. The van der Waals surface area contributed by atoms with Crippen LogP contribution in [0, 0.1) is 5.82 Å². The first-order chi connectivity index (χ1) is 18.4. The van der Waals surface area contributed by atoms with Crippen LogP contribution < -0.4 is 0 Å². The van der Waals surface area contributed by atoms with Gasteiger partial charge in [-0.2, -0.15) is 0 Å². The smallest absolute Gasteiger partial charge is 0.326 e. The normalized spacial score (nSPS) is 15.9. The number of carboxylic acid groups (broad SMARTS) is 1. The monoisotopic (exact) mass is 516 g/mol. The maximum absolute atomic E-state index is 14.4. The van der Waals surface area contributed by atoms with Crippen LogP contribution in [0.1, 0.15) is 42.6 Å². The van der Waals surface area contributed by atoms with E-state index in [-0.39, 0.29) is 24.2 Å². The summed E-state index contributed by atoms with van der Waals surface area (Å²) in [5.74, 6) is -1.23. The molecular formula is C31H33FN2O4. The third-order valence-electron chi connectivity index (χ3n) is 7.84. The van der Waals surface area contributed by atoms with Gasteiger partial charge in [0.15, 0.2) is 0 Å². The number of carbonyl (C=O) groups excluding carboxylic acids is 1. The Morgan fingerprint density at radius 1 is 1.13 bits per heavy atom. The molecule has 6 nitrogen and oxygen atoms in total. The molecule has 0 spiro atoms. The van der Waals surface area contributed by atoms with Crippen molar-refractivity contribution in [2.45, 2.75) is 51.1 Å². The minimum atomic E-state index is -0.898. The van der Waals surface area contributed by atoms with E-state index in [1.807, 2.05) is 58.9 Å². The Hall–Kier alpha value is -3.71. The predicted octanol–water partition coefficient (Wildman–Crippen LogP) is 5.54. The van der Waals surface area contributed by atoms with Crippen LogP contribution in [0.5, 0.6) is 0 Å². The van der Waals surface area contributed by atoms with E-state index in [1.54, 1.807) is 13.2 Å². The minimum Gasteiger partial charge on any atom is -0.480 e. The lowest BCUT2D eigenvalue weighted by Crippen LogP contribution is -2.46. The fraction of sp³-hybridized carbons (Fsp3) is 0.355. The highest BCUT2D eigenvalue weighted by molar-refractivity contribution is 5.91. The Kier molecular flexibility index (Phi) is 7.47. The van der Waals surface area contributed by atoms with Gasteiger partial charge >= 0.3 is 5.97 Å².